The van der Waals surface area contributed by atoms with E-state index in [0.29, 0.717) is 44.2 Å². The van der Waals surface area contributed by atoms with E-state index in [1.54, 1.807) is 26.0 Å². The molecule has 1 N–H and O–H groups in total. The summed E-state index contributed by atoms with van der Waals surface area (Å²) in [5.41, 5.74) is 1.47. The molecule has 7 heteroatoms. The summed E-state index contributed by atoms with van der Waals surface area (Å²) in [5, 5.41) is 9.36. The molecule has 6 nitrogen and oxygen atoms in total. The Kier molecular flexibility index (Phi) is 5.10. The molecule has 0 radical (unpaired) electrons. The number of sulfone groups is 1. The van der Waals surface area contributed by atoms with Gasteiger partial charge in [0.2, 0.25) is 5.91 Å². The SMILES string of the molecule is Cc1ccc(C)c(S(=O)(=O)C2(C(=O)N3CCC(C(=O)O)C3C)CCCC2)c1. The summed E-state index contributed by atoms with van der Waals surface area (Å²) in [6.07, 6.45) is 2.31. The number of nitrogens with zero attached hydrogens (tertiary/aromatic N) is 1. The largest absolute Gasteiger partial charge is 0.481 e. The zero-order chi connectivity index (χ0) is 20.0. The molecule has 1 amide bonds. The highest BCUT2D eigenvalue weighted by Gasteiger charge is 2.56. The van der Waals surface area contributed by atoms with Gasteiger partial charge in [-0.05, 0) is 57.2 Å². The molecule has 2 aliphatic rings. The third kappa shape index (κ3) is 3.06. The predicted octanol–water partition coefficient (Wildman–Crippen LogP) is 2.71. The zero-order valence-corrected chi connectivity index (χ0v) is 16.9. The van der Waals surface area contributed by atoms with E-state index in [0.717, 1.165) is 5.56 Å². The van der Waals surface area contributed by atoms with Crippen LogP contribution in [-0.2, 0) is 19.4 Å². The van der Waals surface area contributed by atoms with Crippen molar-refractivity contribution in [1.82, 2.24) is 4.90 Å². The van der Waals surface area contributed by atoms with E-state index in [-0.39, 0.29) is 4.90 Å². The number of likely N-dealkylation sites (tertiary alicyclic amines) is 1. The van der Waals surface area contributed by atoms with Crippen LogP contribution in [0.4, 0.5) is 0 Å². The lowest BCUT2D eigenvalue weighted by Crippen LogP contribution is -2.54. The minimum atomic E-state index is -3.89. The fourth-order valence-electron chi connectivity index (χ4n) is 4.57. The molecule has 2 atom stereocenters. The zero-order valence-electron chi connectivity index (χ0n) is 16.1. The van der Waals surface area contributed by atoms with Gasteiger partial charge in [0.05, 0.1) is 10.8 Å². The molecule has 1 aromatic carbocycles. The molecule has 0 aromatic heterocycles. The molecule has 1 saturated heterocycles. The van der Waals surface area contributed by atoms with Crippen molar-refractivity contribution < 1.29 is 23.1 Å². The van der Waals surface area contributed by atoms with Crippen LogP contribution in [0.2, 0.25) is 0 Å². The van der Waals surface area contributed by atoms with Crippen LogP contribution in [0, 0.1) is 19.8 Å². The number of hydrogen-bond acceptors (Lipinski definition) is 4. The first-order valence-corrected chi connectivity index (χ1v) is 11.0. The molecule has 2 fully saturated rings. The topological polar surface area (TPSA) is 91.8 Å². The Morgan fingerprint density at radius 1 is 1.19 bits per heavy atom. The van der Waals surface area contributed by atoms with Gasteiger partial charge in [0.1, 0.15) is 0 Å². The second kappa shape index (κ2) is 6.93. The van der Waals surface area contributed by atoms with Crippen LogP contribution in [0.5, 0.6) is 0 Å². The molecule has 0 bridgehead atoms. The number of aliphatic carboxylic acids is 1. The second-order valence-electron chi connectivity index (χ2n) is 7.95. The van der Waals surface area contributed by atoms with Crippen LogP contribution < -0.4 is 0 Å². The number of carbonyl (C=O) groups is 2. The van der Waals surface area contributed by atoms with Gasteiger partial charge in [0, 0.05) is 12.6 Å². The maximum Gasteiger partial charge on any atom is 0.308 e. The molecule has 1 aliphatic carbocycles. The number of benzene rings is 1. The van der Waals surface area contributed by atoms with Crippen LogP contribution in [0.3, 0.4) is 0 Å². The molecule has 0 spiro atoms. The monoisotopic (exact) mass is 393 g/mol. The van der Waals surface area contributed by atoms with E-state index in [1.165, 1.54) is 4.90 Å². The lowest BCUT2D eigenvalue weighted by molar-refractivity contribution is -0.143. The fraction of sp³-hybridized carbons (Fsp3) is 0.600. The molecule has 1 aromatic rings. The Balaban J connectivity index is 2.05. The van der Waals surface area contributed by atoms with Gasteiger partial charge < -0.3 is 10.0 Å². The van der Waals surface area contributed by atoms with Crippen LogP contribution in [0.25, 0.3) is 0 Å². The van der Waals surface area contributed by atoms with E-state index in [4.69, 9.17) is 0 Å². The van der Waals surface area contributed by atoms with E-state index in [9.17, 15) is 23.1 Å². The van der Waals surface area contributed by atoms with Gasteiger partial charge >= 0.3 is 5.97 Å². The van der Waals surface area contributed by atoms with Crippen LogP contribution in [0.15, 0.2) is 23.1 Å². The molecular weight excluding hydrogens is 366 g/mol. The van der Waals surface area contributed by atoms with Gasteiger partial charge in [0.25, 0.3) is 0 Å². The van der Waals surface area contributed by atoms with Crippen molar-refractivity contribution in [3.8, 4) is 0 Å². The molecular formula is C20H27NO5S. The third-order valence-electron chi connectivity index (χ3n) is 6.28. The van der Waals surface area contributed by atoms with E-state index >= 15 is 0 Å². The summed E-state index contributed by atoms with van der Waals surface area (Å²) < 4.78 is 25.9. The lowest BCUT2D eigenvalue weighted by Gasteiger charge is -2.35. The second-order valence-corrected chi connectivity index (χ2v) is 10.2. The number of hydrogen-bond donors (Lipinski definition) is 1. The van der Waals surface area contributed by atoms with Crippen LogP contribution in [0.1, 0.15) is 50.2 Å². The number of carboxylic acids is 1. The summed E-state index contributed by atoms with van der Waals surface area (Å²) in [4.78, 5) is 26.7. The van der Waals surface area contributed by atoms with Gasteiger partial charge in [-0.1, -0.05) is 25.0 Å². The van der Waals surface area contributed by atoms with Crippen molar-refractivity contribution >= 4 is 21.7 Å². The standard InChI is InChI=1S/C20H27NO5S/c1-13-6-7-14(2)17(12-13)27(25,26)20(9-4-5-10-20)19(24)21-11-8-16(15(21)3)18(22)23/h6-7,12,15-16H,4-5,8-11H2,1-3H3,(H,22,23). The Bertz CT molecular complexity index is 870. The van der Waals surface area contributed by atoms with Gasteiger partial charge in [-0.2, -0.15) is 0 Å². The smallest absolute Gasteiger partial charge is 0.308 e. The Labute approximate surface area is 160 Å². The summed E-state index contributed by atoms with van der Waals surface area (Å²) in [6, 6.07) is 4.78. The lowest BCUT2D eigenvalue weighted by atomic mass is 10.0. The number of amides is 1. The minimum absolute atomic E-state index is 0.222. The quantitative estimate of drug-likeness (QED) is 0.849. The minimum Gasteiger partial charge on any atom is -0.481 e. The normalized spacial score (nSPS) is 24.9. The summed E-state index contributed by atoms with van der Waals surface area (Å²) in [7, 11) is -3.89. The number of carbonyl (C=O) groups excluding carboxylic acids is 1. The van der Waals surface area contributed by atoms with E-state index in [1.807, 2.05) is 13.0 Å². The Hall–Kier alpha value is -1.89. The van der Waals surface area contributed by atoms with Crippen molar-refractivity contribution in [3.63, 3.8) is 0 Å². The van der Waals surface area contributed by atoms with Crippen molar-refractivity contribution in [2.75, 3.05) is 6.54 Å². The highest BCUT2D eigenvalue weighted by atomic mass is 32.2. The Morgan fingerprint density at radius 3 is 2.37 bits per heavy atom. The van der Waals surface area contributed by atoms with E-state index in [2.05, 4.69) is 0 Å². The molecule has 1 heterocycles. The van der Waals surface area contributed by atoms with Crippen molar-refractivity contribution in [2.24, 2.45) is 5.92 Å². The third-order valence-corrected chi connectivity index (χ3v) is 8.91. The summed E-state index contributed by atoms with van der Waals surface area (Å²) in [6.45, 7) is 5.58. The summed E-state index contributed by atoms with van der Waals surface area (Å²) >= 11 is 0. The molecule has 27 heavy (non-hydrogen) atoms. The first-order chi connectivity index (χ1) is 12.6. The van der Waals surface area contributed by atoms with E-state index < -0.39 is 38.4 Å². The van der Waals surface area contributed by atoms with Crippen LogP contribution >= 0.6 is 0 Å². The highest BCUT2D eigenvalue weighted by molar-refractivity contribution is 7.93. The van der Waals surface area contributed by atoms with Gasteiger partial charge in [-0.3, -0.25) is 9.59 Å². The molecule has 2 unspecified atom stereocenters. The summed E-state index contributed by atoms with van der Waals surface area (Å²) in [5.74, 6) is -2.00. The van der Waals surface area contributed by atoms with Crippen molar-refractivity contribution in [1.29, 1.82) is 0 Å². The molecule has 148 valence electrons. The number of aryl methyl sites for hydroxylation is 2. The molecule has 1 aliphatic heterocycles. The predicted molar refractivity (Wildman–Crippen MR) is 101 cm³/mol. The molecule has 1 saturated carbocycles. The maximum atomic E-state index is 13.7. The van der Waals surface area contributed by atoms with Gasteiger partial charge in [0.15, 0.2) is 14.6 Å². The van der Waals surface area contributed by atoms with Gasteiger partial charge in [-0.25, -0.2) is 8.42 Å². The van der Waals surface area contributed by atoms with Crippen molar-refractivity contribution in [3.05, 3.63) is 29.3 Å². The first kappa shape index (κ1) is 19.9. The fourth-order valence-corrected chi connectivity index (χ4v) is 7.00. The Morgan fingerprint density at radius 2 is 1.81 bits per heavy atom. The number of carboxylic acid groups (broad SMARTS) is 1. The highest BCUT2D eigenvalue weighted by Crippen LogP contribution is 2.44. The first-order valence-electron chi connectivity index (χ1n) is 9.47. The average Bonchev–Trinajstić information content (AvgIpc) is 3.24. The van der Waals surface area contributed by atoms with Crippen LogP contribution in [-0.4, -0.2) is 47.6 Å². The van der Waals surface area contributed by atoms with Crippen molar-refractivity contribution in [2.45, 2.75) is 68.6 Å². The van der Waals surface area contributed by atoms with Gasteiger partial charge in [-0.15, -0.1) is 0 Å². The number of rotatable bonds is 4. The molecule has 3 rings (SSSR count). The average molecular weight is 394 g/mol. The maximum absolute atomic E-state index is 13.7.